The molecule has 28 heavy (non-hydrogen) atoms. The predicted octanol–water partition coefficient (Wildman–Crippen LogP) is 2.26. The summed E-state index contributed by atoms with van der Waals surface area (Å²) in [6, 6.07) is 4.58. The SMILES string of the molecule is N#CC1C(=O)Nc2nc(N3CCCCC3)[nH]c(=O)c2C1c1cc(F)cc(F)c1. The van der Waals surface area contributed by atoms with Crippen LogP contribution in [0.5, 0.6) is 0 Å². The van der Waals surface area contributed by atoms with Crippen molar-refractivity contribution in [3.63, 3.8) is 0 Å². The molecule has 2 aliphatic rings. The van der Waals surface area contributed by atoms with Gasteiger partial charge in [-0.3, -0.25) is 14.6 Å². The highest BCUT2D eigenvalue weighted by molar-refractivity contribution is 5.97. The van der Waals surface area contributed by atoms with Crippen LogP contribution in [0.1, 0.15) is 36.3 Å². The molecule has 0 radical (unpaired) electrons. The average Bonchev–Trinajstić information content (AvgIpc) is 2.66. The van der Waals surface area contributed by atoms with Crippen molar-refractivity contribution < 1.29 is 13.6 Å². The molecule has 1 fully saturated rings. The summed E-state index contributed by atoms with van der Waals surface area (Å²) in [6.07, 6.45) is 3.03. The molecule has 1 saturated heterocycles. The molecule has 2 N–H and O–H groups in total. The molecular weight excluding hydrogens is 368 g/mol. The van der Waals surface area contributed by atoms with Crippen LogP contribution in [0.2, 0.25) is 0 Å². The summed E-state index contributed by atoms with van der Waals surface area (Å²) in [7, 11) is 0. The molecule has 4 rings (SSSR count). The van der Waals surface area contributed by atoms with Crippen LogP contribution in [0, 0.1) is 28.9 Å². The number of piperidine rings is 1. The largest absolute Gasteiger partial charge is 0.342 e. The zero-order valence-electron chi connectivity index (χ0n) is 14.8. The zero-order valence-corrected chi connectivity index (χ0v) is 14.8. The third-order valence-electron chi connectivity index (χ3n) is 5.15. The van der Waals surface area contributed by atoms with Gasteiger partial charge >= 0.3 is 0 Å². The van der Waals surface area contributed by atoms with Crippen molar-refractivity contribution >= 4 is 17.7 Å². The minimum absolute atomic E-state index is 0.0236. The number of amides is 1. The van der Waals surface area contributed by atoms with Crippen LogP contribution in [0.3, 0.4) is 0 Å². The highest BCUT2D eigenvalue weighted by atomic mass is 19.1. The van der Waals surface area contributed by atoms with Crippen molar-refractivity contribution in [1.82, 2.24) is 9.97 Å². The second-order valence-corrected chi connectivity index (χ2v) is 6.98. The first-order chi connectivity index (χ1) is 13.5. The molecule has 0 bridgehead atoms. The summed E-state index contributed by atoms with van der Waals surface area (Å²) in [5.41, 5.74) is -0.476. The van der Waals surface area contributed by atoms with E-state index in [-0.39, 0.29) is 16.9 Å². The van der Waals surface area contributed by atoms with Gasteiger partial charge in [-0.25, -0.2) is 8.78 Å². The summed E-state index contributed by atoms with van der Waals surface area (Å²) in [6.45, 7) is 1.46. The highest BCUT2D eigenvalue weighted by Crippen LogP contribution is 2.38. The van der Waals surface area contributed by atoms with Gasteiger partial charge < -0.3 is 10.2 Å². The van der Waals surface area contributed by atoms with Crippen LogP contribution in [-0.2, 0) is 4.79 Å². The average molecular weight is 385 g/mol. The van der Waals surface area contributed by atoms with Gasteiger partial charge in [-0.15, -0.1) is 0 Å². The number of nitrogens with zero attached hydrogens (tertiary/aromatic N) is 3. The molecule has 2 unspecified atom stereocenters. The summed E-state index contributed by atoms with van der Waals surface area (Å²) in [5.74, 6) is -4.43. The van der Waals surface area contributed by atoms with E-state index in [0.29, 0.717) is 12.0 Å². The normalized spacial score (nSPS) is 21.6. The number of hydrogen-bond acceptors (Lipinski definition) is 5. The van der Waals surface area contributed by atoms with Gasteiger partial charge in [0.15, 0.2) is 0 Å². The van der Waals surface area contributed by atoms with Crippen LogP contribution in [-0.4, -0.2) is 29.0 Å². The number of anilines is 2. The molecule has 1 amide bonds. The van der Waals surface area contributed by atoms with E-state index in [1.807, 2.05) is 11.0 Å². The molecular formula is C19H17F2N5O2. The molecule has 2 aromatic rings. The standard InChI is InChI=1S/C19H17F2N5O2/c20-11-6-10(7-12(21)8-11)14-13(9-22)17(27)23-16-15(14)18(28)25-19(24-16)26-4-2-1-3-5-26/h6-8,13-14H,1-5H2,(H2,23,24,25,27,28). The molecule has 1 aromatic heterocycles. The van der Waals surface area contributed by atoms with Crippen molar-refractivity contribution in [3.8, 4) is 6.07 Å². The van der Waals surface area contributed by atoms with Gasteiger partial charge in [-0.05, 0) is 37.0 Å². The zero-order chi connectivity index (χ0) is 19.8. The molecule has 9 heteroatoms. The first kappa shape index (κ1) is 18.1. The lowest BCUT2D eigenvalue weighted by atomic mass is 9.79. The van der Waals surface area contributed by atoms with Gasteiger partial charge in [0.05, 0.1) is 11.6 Å². The molecule has 0 aliphatic carbocycles. The Hall–Kier alpha value is -3.28. The number of aromatic amines is 1. The van der Waals surface area contributed by atoms with Gasteiger partial charge in [-0.2, -0.15) is 10.2 Å². The number of fused-ring (bicyclic) bond motifs is 1. The van der Waals surface area contributed by atoms with Crippen molar-refractivity contribution in [2.75, 3.05) is 23.3 Å². The maximum absolute atomic E-state index is 13.8. The van der Waals surface area contributed by atoms with Crippen molar-refractivity contribution in [1.29, 1.82) is 5.26 Å². The van der Waals surface area contributed by atoms with Crippen molar-refractivity contribution in [2.45, 2.75) is 25.2 Å². The lowest BCUT2D eigenvalue weighted by Gasteiger charge is -2.31. The monoisotopic (exact) mass is 385 g/mol. The number of halogens is 2. The minimum atomic E-state index is -1.31. The lowest BCUT2D eigenvalue weighted by molar-refractivity contribution is -0.119. The number of aromatic nitrogens is 2. The van der Waals surface area contributed by atoms with E-state index in [1.54, 1.807) is 0 Å². The van der Waals surface area contributed by atoms with Gasteiger partial charge in [0, 0.05) is 25.1 Å². The van der Waals surface area contributed by atoms with Gasteiger partial charge in [0.1, 0.15) is 23.4 Å². The molecule has 3 heterocycles. The summed E-state index contributed by atoms with van der Waals surface area (Å²) in [5, 5.41) is 12.0. The Kier molecular flexibility index (Phi) is 4.55. The Morgan fingerprint density at radius 3 is 2.43 bits per heavy atom. The summed E-state index contributed by atoms with van der Waals surface area (Å²) < 4.78 is 27.5. The van der Waals surface area contributed by atoms with E-state index in [0.717, 1.165) is 44.5 Å². The third kappa shape index (κ3) is 3.11. The van der Waals surface area contributed by atoms with E-state index in [9.17, 15) is 23.6 Å². The van der Waals surface area contributed by atoms with E-state index in [2.05, 4.69) is 15.3 Å². The lowest BCUT2D eigenvalue weighted by Crippen LogP contribution is -2.40. The van der Waals surface area contributed by atoms with Crippen LogP contribution in [0.4, 0.5) is 20.5 Å². The smallest absolute Gasteiger partial charge is 0.258 e. The first-order valence-electron chi connectivity index (χ1n) is 9.03. The number of nitrogens with one attached hydrogen (secondary N) is 2. The van der Waals surface area contributed by atoms with Crippen LogP contribution in [0.15, 0.2) is 23.0 Å². The number of hydrogen-bond donors (Lipinski definition) is 2. The van der Waals surface area contributed by atoms with E-state index < -0.39 is 34.9 Å². The second-order valence-electron chi connectivity index (χ2n) is 6.98. The number of nitriles is 1. The Bertz CT molecular complexity index is 1020. The second kappa shape index (κ2) is 7.03. The number of H-pyrrole nitrogens is 1. The Labute approximate surface area is 159 Å². The van der Waals surface area contributed by atoms with E-state index in [4.69, 9.17) is 0 Å². The highest BCUT2D eigenvalue weighted by Gasteiger charge is 2.40. The molecule has 0 spiro atoms. The van der Waals surface area contributed by atoms with Crippen LogP contribution < -0.4 is 15.8 Å². The minimum Gasteiger partial charge on any atom is -0.342 e. The fraction of sp³-hybridized carbons (Fsp3) is 0.368. The number of carbonyl (C=O) groups excluding carboxylic acids is 1. The van der Waals surface area contributed by atoms with Gasteiger partial charge in [0.2, 0.25) is 11.9 Å². The Morgan fingerprint density at radius 1 is 1.11 bits per heavy atom. The Balaban J connectivity index is 1.87. The third-order valence-corrected chi connectivity index (χ3v) is 5.15. The maximum atomic E-state index is 13.8. The predicted molar refractivity (Wildman–Crippen MR) is 96.9 cm³/mol. The molecule has 2 aliphatic heterocycles. The van der Waals surface area contributed by atoms with Gasteiger partial charge in [0.25, 0.3) is 5.56 Å². The molecule has 7 nitrogen and oxygen atoms in total. The molecule has 1 aromatic carbocycles. The summed E-state index contributed by atoms with van der Waals surface area (Å²) >= 11 is 0. The summed E-state index contributed by atoms with van der Waals surface area (Å²) in [4.78, 5) is 34.3. The molecule has 2 atom stereocenters. The first-order valence-corrected chi connectivity index (χ1v) is 9.03. The number of carbonyl (C=O) groups is 1. The van der Waals surface area contributed by atoms with Crippen molar-refractivity contribution in [2.24, 2.45) is 5.92 Å². The van der Waals surface area contributed by atoms with Crippen LogP contribution >= 0.6 is 0 Å². The molecule has 144 valence electrons. The Morgan fingerprint density at radius 2 is 1.79 bits per heavy atom. The topological polar surface area (TPSA) is 102 Å². The fourth-order valence-corrected chi connectivity index (χ4v) is 3.87. The number of rotatable bonds is 2. The van der Waals surface area contributed by atoms with E-state index >= 15 is 0 Å². The van der Waals surface area contributed by atoms with Gasteiger partial charge in [-0.1, -0.05) is 0 Å². The van der Waals surface area contributed by atoms with Crippen molar-refractivity contribution in [3.05, 3.63) is 51.3 Å². The maximum Gasteiger partial charge on any atom is 0.258 e. The quantitative estimate of drug-likeness (QED) is 0.826. The fourth-order valence-electron chi connectivity index (χ4n) is 3.87. The van der Waals surface area contributed by atoms with Crippen LogP contribution in [0.25, 0.3) is 0 Å². The molecule has 0 saturated carbocycles. The number of benzene rings is 1. The van der Waals surface area contributed by atoms with E-state index in [1.165, 1.54) is 0 Å².